The van der Waals surface area contributed by atoms with E-state index in [1.807, 2.05) is 35.2 Å². The Kier molecular flexibility index (Phi) is 4.84. The van der Waals surface area contributed by atoms with Crippen molar-refractivity contribution in [3.8, 4) is 11.8 Å². The molecule has 1 fully saturated rings. The monoisotopic (exact) mass is 325 g/mol. The van der Waals surface area contributed by atoms with Crippen molar-refractivity contribution in [2.75, 3.05) is 31.2 Å². The van der Waals surface area contributed by atoms with E-state index in [-0.39, 0.29) is 5.82 Å². The summed E-state index contributed by atoms with van der Waals surface area (Å²) in [5, 5.41) is 10.6. The second kappa shape index (κ2) is 7.04. The van der Waals surface area contributed by atoms with E-state index in [2.05, 4.69) is 11.8 Å². The van der Waals surface area contributed by atoms with Gasteiger partial charge in [-0.1, -0.05) is 36.1 Å². The van der Waals surface area contributed by atoms with Gasteiger partial charge in [0.2, 0.25) is 0 Å². The number of rotatable bonds is 2. The molecule has 4 heteroatoms. The summed E-state index contributed by atoms with van der Waals surface area (Å²) in [4.78, 5) is 1.95. The van der Waals surface area contributed by atoms with Gasteiger partial charge in [-0.05, 0) is 36.8 Å². The van der Waals surface area contributed by atoms with Gasteiger partial charge in [0, 0.05) is 18.7 Å². The molecule has 2 aromatic carbocycles. The van der Waals surface area contributed by atoms with Crippen LogP contribution < -0.4 is 4.90 Å². The number of hydrogen-bond acceptors (Lipinski definition) is 3. The summed E-state index contributed by atoms with van der Waals surface area (Å²) in [5.41, 5.74) is 0.373. The highest BCUT2D eigenvalue weighted by molar-refractivity contribution is 5.51. The molecule has 0 bridgehead atoms. The van der Waals surface area contributed by atoms with Gasteiger partial charge in [0.05, 0.1) is 18.9 Å². The third-order valence-electron chi connectivity index (χ3n) is 4.09. The van der Waals surface area contributed by atoms with E-state index in [1.54, 1.807) is 19.1 Å². The largest absolute Gasteiger partial charge is 0.378 e. The van der Waals surface area contributed by atoms with Crippen molar-refractivity contribution >= 4 is 5.69 Å². The minimum Gasteiger partial charge on any atom is -0.378 e. The number of halogens is 1. The lowest BCUT2D eigenvalue weighted by atomic mass is 9.95. The van der Waals surface area contributed by atoms with Gasteiger partial charge in [-0.15, -0.1) is 0 Å². The molecule has 0 spiro atoms. The topological polar surface area (TPSA) is 32.7 Å². The van der Waals surface area contributed by atoms with Gasteiger partial charge in [-0.3, -0.25) is 0 Å². The summed E-state index contributed by atoms with van der Waals surface area (Å²) in [5.74, 6) is 5.40. The fraction of sp³-hybridized carbons (Fsp3) is 0.300. The van der Waals surface area contributed by atoms with E-state index in [0.29, 0.717) is 37.6 Å². The van der Waals surface area contributed by atoms with Gasteiger partial charge in [0.1, 0.15) is 11.4 Å². The summed E-state index contributed by atoms with van der Waals surface area (Å²) in [7, 11) is 0. The number of hydrogen-bond donors (Lipinski definition) is 1. The number of ether oxygens (including phenoxy) is 1. The lowest BCUT2D eigenvalue weighted by Gasteiger charge is -2.29. The SMILES string of the molecule is C[C@@](O)(C#Cc1ccccc1)c1ccc(N2CCOCC2)c(F)c1. The average molecular weight is 325 g/mol. The third kappa shape index (κ3) is 3.76. The number of nitrogens with zero attached hydrogens (tertiary/aromatic N) is 1. The highest BCUT2D eigenvalue weighted by Crippen LogP contribution is 2.27. The standard InChI is InChI=1S/C20H20FNO2/c1-20(23,10-9-16-5-3-2-4-6-16)17-7-8-19(18(21)15-17)22-11-13-24-14-12-22/h2-8,15,23H,11-14H2,1H3/t20-/m1/s1. The van der Waals surface area contributed by atoms with Crippen LogP contribution in [-0.2, 0) is 10.3 Å². The molecule has 0 saturated carbocycles. The first kappa shape index (κ1) is 16.5. The molecular weight excluding hydrogens is 305 g/mol. The Hall–Kier alpha value is -2.35. The molecule has 0 radical (unpaired) electrons. The van der Waals surface area contributed by atoms with Crippen LogP contribution in [0.2, 0.25) is 0 Å². The summed E-state index contributed by atoms with van der Waals surface area (Å²) in [6, 6.07) is 14.2. The highest BCUT2D eigenvalue weighted by atomic mass is 19.1. The minimum atomic E-state index is -1.42. The van der Waals surface area contributed by atoms with Crippen LogP contribution in [0.5, 0.6) is 0 Å². The first-order valence-electron chi connectivity index (χ1n) is 7.99. The number of aliphatic hydroxyl groups is 1. The number of benzene rings is 2. The van der Waals surface area contributed by atoms with Gasteiger partial charge in [0.25, 0.3) is 0 Å². The molecule has 1 atom stereocenters. The van der Waals surface area contributed by atoms with Gasteiger partial charge in [-0.2, -0.15) is 0 Å². The summed E-state index contributed by atoms with van der Waals surface area (Å²) in [6.07, 6.45) is 0. The van der Waals surface area contributed by atoms with Crippen LogP contribution in [0.4, 0.5) is 10.1 Å². The smallest absolute Gasteiger partial charge is 0.148 e. The van der Waals surface area contributed by atoms with Gasteiger partial charge in [-0.25, -0.2) is 4.39 Å². The quantitative estimate of drug-likeness (QED) is 0.862. The Morgan fingerprint density at radius 2 is 1.83 bits per heavy atom. The van der Waals surface area contributed by atoms with E-state index in [9.17, 15) is 9.50 Å². The Morgan fingerprint density at radius 3 is 2.50 bits per heavy atom. The fourth-order valence-corrected chi connectivity index (χ4v) is 2.66. The molecule has 0 aliphatic carbocycles. The predicted molar refractivity (Wildman–Crippen MR) is 92.3 cm³/mol. The average Bonchev–Trinajstić information content (AvgIpc) is 2.61. The van der Waals surface area contributed by atoms with Crippen molar-refractivity contribution in [2.24, 2.45) is 0 Å². The Bertz CT molecular complexity index is 756. The van der Waals surface area contributed by atoms with Crippen molar-refractivity contribution in [3.05, 3.63) is 65.5 Å². The van der Waals surface area contributed by atoms with Crippen LogP contribution in [0.25, 0.3) is 0 Å². The van der Waals surface area contributed by atoms with Gasteiger partial charge in [0.15, 0.2) is 0 Å². The van der Waals surface area contributed by atoms with Crippen LogP contribution in [0.15, 0.2) is 48.5 Å². The van der Waals surface area contributed by atoms with Crippen LogP contribution >= 0.6 is 0 Å². The molecule has 0 amide bonds. The Labute approximate surface area is 141 Å². The Morgan fingerprint density at radius 1 is 1.12 bits per heavy atom. The second-order valence-electron chi connectivity index (χ2n) is 5.95. The molecule has 2 aromatic rings. The lowest BCUT2D eigenvalue weighted by Crippen LogP contribution is -2.36. The molecule has 1 aliphatic rings. The molecule has 0 aromatic heterocycles. The van der Waals surface area contributed by atoms with Crippen molar-refractivity contribution in [1.29, 1.82) is 0 Å². The summed E-state index contributed by atoms with van der Waals surface area (Å²) >= 11 is 0. The normalized spacial score (nSPS) is 16.9. The molecule has 124 valence electrons. The van der Waals surface area contributed by atoms with Crippen LogP contribution in [0.3, 0.4) is 0 Å². The number of anilines is 1. The first-order chi connectivity index (χ1) is 11.6. The van der Waals surface area contributed by atoms with E-state index in [0.717, 1.165) is 5.56 Å². The van der Waals surface area contributed by atoms with Gasteiger partial charge < -0.3 is 14.7 Å². The molecule has 1 heterocycles. The van der Waals surface area contributed by atoms with Crippen molar-refractivity contribution in [3.63, 3.8) is 0 Å². The van der Waals surface area contributed by atoms with Crippen LogP contribution in [0, 0.1) is 17.7 Å². The molecule has 3 nitrogen and oxygen atoms in total. The molecule has 3 rings (SSSR count). The molecular formula is C20H20FNO2. The highest BCUT2D eigenvalue weighted by Gasteiger charge is 2.23. The zero-order chi connectivity index (χ0) is 17.0. The predicted octanol–water partition coefficient (Wildman–Crippen LogP) is 2.92. The van der Waals surface area contributed by atoms with Crippen LogP contribution in [0.1, 0.15) is 18.1 Å². The number of morpholine rings is 1. The minimum absolute atomic E-state index is 0.351. The fourth-order valence-electron chi connectivity index (χ4n) is 2.66. The maximum absolute atomic E-state index is 14.5. The van der Waals surface area contributed by atoms with Crippen molar-refractivity contribution in [1.82, 2.24) is 0 Å². The maximum atomic E-state index is 14.5. The molecule has 1 saturated heterocycles. The van der Waals surface area contributed by atoms with Crippen LogP contribution in [-0.4, -0.2) is 31.4 Å². The first-order valence-corrected chi connectivity index (χ1v) is 7.99. The molecule has 0 unspecified atom stereocenters. The zero-order valence-corrected chi connectivity index (χ0v) is 13.6. The van der Waals surface area contributed by atoms with Gasteiger partial charge >= 0.3 is 0 Å². The molecule has 1 aliphatic heterocycles. The van der Waals surface area contributed by atoms with E-state index < -0.39 is 5.60 Å². The third-order valence-corrected chi connectivity index (χ3v) is 4.09. The van der Waals surface area contributed by atoms with E-state index in [4.69, 9.17) is 4.74 Å². The summed E-state index contributed by atoms with van der Waals surface area (Å²) in [6.45, 7) is 4.11. The lowest BCUT2D eigenvalue weighted by molar-refractivity contribution is 0.120. The second-order valence-corrected chi connectivity index (χ2v) is 5.95. The van der Waals surface area contributed by atoms with Crippen molar-refractivity contribution in [2.45, 2.75) is 12.5 Å². The molecule has 24 heavy (non-hydrogen) atoms. The van der Waals surface area contributed by atoms with E-state index >= 15 is 0 Å². The Balaban J connectivity index is 1.83. The zero-order valence-electron chi connectivity index (χ0n) is 13.6. The van der Waals surface area contributed by atoms with Crippen molar-refractivity contribution < 1.29 is 14.2 Å². The maximum Gasteiger partial charge on any atom is 0.148 e. The summed E-state index contributed by atoms with van der Waals surface area (Å²) < 4.78 is 19.8. The van der Waals surface area contributed by atoms with E-state index in [1.165, 1.54) is 6.07 Å². The molecule has 1 N–H and O–H groups in total.